The van der Waals surface area contributed by atoms with Gasteiger partial charge in [0.05, 0.1) is 10.6 Å². The van der Waals surface area contributed by atoms with E-state index in [4.69, 9.17) is 9.47 Å². The molecule has 0 spiro atoms. The first-order valence-corrected chi connectivity index (χ1v) is 12.9. The van der Waals surface area contributed by atoms with Crippen LogP contribution in [0.5, 0.6) is 11.5 Å². The Labute approximate surface area is 187 Å². The van der Waals surface area contributed by atoms with Gasteiger partial charge in [-0.1, -0.05) is 12.8 Å². The molecule has 2 aliphatic heterocycles. The van der Waals surface area contributed by atoms with Gasteiger partial charge in [-0.3, -0.25) is 4.79 Å². The lowest BCUT2D eigenvalue weighted by atomic mass is 10.2. The molecule has 0 bridgehead atoms. The highest BCUT2D eigenvalue weighted by atomic mass is 32.2. The summed E-state index contributed by atoms with van der Waals surface area (Å²) >= 11 is 1.40. The fourth-order valence-corrected chi connectivity index (χ4v) is 5.84. The third-order valence-corrected chi connectivity index (χ3v) is 8.13. The van der Waals surface area contributed by atoms with Crippen molar-refractivity contribution >= 4 is 33.4 Å². The molecule has 0 atom stereocenters. The Morgan fingerprint density at radius 1 is 0.935 bits per heavy atom. The Morgan fingerprint density at radius 3 is 2.32 bits per heavy atom. The van der Waals surface area contributed by atoms with Gasteiger partial charge < -0.3 is 14.8 Å². The molecule has 2 aliphatic rings. The van der Waals surface area contributed by atoms with E-state index >= 15 is 0 Å². The van der Waals surface area contributed by atoms with Gasteiger partial charge in [-0.2, -0.15) is 4.31 Å². The molecule has 2 aromatic rings. The maximum Gasteiger partial charge on any atom is 0.243 e. The van der Waals surface area contributed by atoms with E-state index in [1.165, 1.54) is 11.8 Å². The molecule has 31 heavy (non-hydrogen) atoms. The quantitative estimate of drug-likeness (QED) is 0.658. The summed E-state index contributed by atoms with van der Waals surface area (Å²) in [5.41, 5.74) is 0.572. The average Bonchev–Trinajstić information content (AvgIpc) is 3.08. The molecule has 0 unspecified atom stereocenters. The van der Waals surface area contributed by atoms with E-state index in [1.54, 1.807) is 28.6 Å². The minimum Gasteiger partial charge on any atom is -0.486 e. The van der Waals surface area contributed by atoms with Gasteiger partial charge in [0, 0.05) is 23.7 Å². The number of sulfonamides is 1. The minimum absolute atomic E-state index is 0.164. The third kappa shape index (κ3) is 5.53. The lowest BCUT2D eigenvalue weighted by molar-refractivity contribution is -0.113. The van der Waals surface area contributed by atoms with Crippen molar-refractivity contribution in [3.63, 3.8) is 0 Å². The Hall–Kier alpha value is -2.23. The number of thioether (sulfide) groups is 1. The Morgan fingerprint density at radius 2 is 1.61 bits per heavy atom. The number of anilines is 1. The molecule has 166 valence electrons. The molecule has 7 nitrogen and oxygen atoms in total. The molecule has 2 aromatic carbocycles. The number of fused-ring (bicyclic) bond motifs is 1. The lowest BCUT2D eigenvalue weighted by Crippen LogP contribution is -2.31. The number of carbonyl (C=O) groups is 1. The van der Waals surface area contributed by atoms with Crippen LogP contribution < -0.4 is 14.8 Å². The molecule has 1 saturated heterocycles. The van der Waals surface area contributed by atoms with E-state index in [-0.39, 0.29) is 16.6 Å². The van der Waals surface area contributed by atoms with Crippen molar-refractivity contribution in [2.45, 2.75) is 35.5 Å². The average molecular weight is 463 g/mol. The zero-order chi connectivity index (χ0) is 21.7. The molecule has 1 fully saturated rings. The number of benzene rings is 2. The fraction of sp³-hybridized carbons (Fsp3) is 0.409. The Bertz CT molecular complexity index is 1020. The van der Waals surface area contributed by atoms with Gasteiger partial charge >= 0.3 is 0 Å². The van der Waals surface area contributed by atoms with Crippen molar-refractivity contribution < 1.29 is 22.7 Å². The first-order chi connectivity index (χ1) is 15.0. The second-order valence-corrected chi connectivity index (χ2v) is 10.5. The van der Waals surface area contributed by atoms with E-state index in [0.717, 1.165) is 36.3 Å². The number of amides is 1. The van der Waals surface area contributed by atoms with Gasteiger partial charge in [-0.15, -0.1) is 11.8 Å². The van der Waals surface area contributed by atoms with Gasteiger partial charge in [-0.05, 0) is 55.3 Å². The van der Waals surface area contributed by atoms with Crippen molar-refractivity contribution in [3.8, 4) is 11.5 Å². The van der Waals surface area contributed by atoms with Crippen molar-refractivity contribution in [2.24, 2.45) is 0 Å². The number of nitrogens with one attached hydrogen (secondary N) is 1. The summed E-state index contributed by atoms with van der Waals surface area (Å²) in [6.07, 6.45) is 3.94. The minimum atomic E-state index is -3.49. The van der Waals surface area contributed by atoms with Crippen LogP contribution in [0.3, 0.4) is 0 Å². The van der Waals surface area contributed by atoms with E-state index in [0.29, 0.717) is 37.7 Å². The third-order valence-electron chi connectivity index (χ3n) is 5.22. The summed E-state index contributed by atoms with van der Waals surface area (Å²) in [5, 5.41) is 2.82. The Balaban J connectivity index is 1.32. The molecule has 2 heterocycles. The molecular formula is C22H26N2O5S2. The second-order valence-electron chi connectivity index (χ2n) is 7.48. The normalized spacial score (nSPS) is 17.0. The van der Waals surface area contributed by atoms with E-state index in [1.807, 2.05) is 18.2 Å². The number of hydrogen-bond acceptors (Lipinski definition) is 6. The first kappa shape index (κ1) is 22.0. The van der Waals surface area contributed by atoms with Gasteiger partial charge in [0.25, 0.3) is 0 Å². The zero-order valence-corrected chi connectivity index (χ0v) is 18.8. The molecule has 0 aliphatic carbocycles. The van der Waals surface area contributed by atoms with Gasteiger partial charge in [0.1, 0.15) is 13.2 Å². The standard InChI is InChI=1S/C22H26N2O5S2/c25-22(16-30-18-7-10-20-21(15-18)29-14-13-28-20)23-17-5-8-19(9-6-17)31(26,27)24-11-3-1-2-4-12-24/h5-10,15H,1-4,11-14,16H2,(H,23,25). The van der Waals surface area contributed by atoms with Crippen molar-refractivity contribution in [1.29, 1.82) is 0 Å². The number of rotatable bonds is 6. The van der Waals surface area contributed by atoms with E-state index < -0.39 is 10.0 Å². The molecule has 1 amide bonds. The lowest BCUT2D eigenvalue weighted by Gasteiger charge is -2.20. The zero-order valence-electron chi connectivity index (χ0n) is 17.2. The van der Waals surface area contributed by atoms with Crippen LogP contribution in [0.15, 0.2) is 52.3 Å². The van der Waals surface area contributed by atoms with Gasteiger partial charge in [0.15, 0.2) is 11.5 Å². The smallest absolute Gasteiger partial charge is 0.243 e. The number of carbonyl (C=O) groups excluding carboxylic acids is 1. The van der Waals surface area contributed by atoms with Crippen molar-refractivity contribution in [3.05, 3.63) is 42.5 Å². The van der Waals surface area contributed by atoms with Gasteiger partial charge in [-0.25, -0.2) is 8.42 Å². The monoisotopic (exact) mass is 462 g/mol. The first-order valence-electron chi connectivity index (χ1n) is 10.4. The van der Waals surface area contributed by atoms with E-state index in [9.17, 15) is 13.2 Å². The summed E-state index contributed by atoms with van der Waals surface area (Å²) in [5.74, 6) is 1.48. The van der Waals surface area contributed by atoms with Crippen LogP contribution in [0.2, 0.25) is 0 Å². The summed E-state index contributed by atoms with van der Waals surface area (Å²) in [7, 11) is -3.49. The van der Waals surface area contributed by atoms with E-state index in [2.05, 4.69) is 5.32 Å². The number of ether oxygens (including phenoxy) is 2. The SMILES string of the molecule is O=C(CSc1ccc2c(c1)OCCO2)Nc1ccc(S(=O)(=O)N2CCCCCC2)cc1. The predicted molar refractivity (Wildman–Crippen MR) is 120 cm³/mol. The number of hydrogen-bond donors (Lipinski definition) is 1. The maximum absolute atomic E-state index is 12.9. The van der Waals surface area contributed by atoms with Crippen LogP contribution >= 0.6 is 11.8 Å². The molecule has 0 saturated carbocycles. The molecule has 4 rings (SSSR count). The highest BCUT2D eigenvalue weighted by Crippen LogP contribution is 2.34. The van der Waals surface area contributed by atoms with Crippen LogP contribution in [-0.2, 0) is 14.8 Å². The largest absolute Gasteiger partial charge is 0.486 e. The van der Waals surface area contributed by atoms with Crippen molar-refractivity contribution in [2.75, 3.05) is 37.4 Å². The van der Waals surface area contributed by atoms with Crippen LogP contribution in [0.25, 0.3) is 0 Å². The second kappa shape index (κ2) is 9.93. The summed E-state index contributed by atoms with van der Waals surface area (Å²) < 4.78 is 38.3. The predicted octanol–water partition coefficient (Wildman–Crippen LogP) is 3.75. The summed E-state index contributed by atoms with van der Waals surface area (Å²) in [4.78, 5) is 13.5. The Kier molecular flexibility index (Phi) is 7.04. The highest BCUT2D eigenvalue weighted by Gasteiger charge is 2.25. The van der Waals surface area contributed by atoms with Crippen LogP contribution in [0.1, 0.15) is 25.7 Å². The topological polar surface area (TPSA) is 84.9 Å². The maximum atomic E-state index is 12.9. The molecule has 1 N–H and O–H groups in total. The van der Waals surface area contributed by atoms with Crippen LogP contribution in [0, 0.1) is 0 Å². The molecular weight excluding hydrogens is 436 g/mol. The molecule has 9 heteroatoms. The number of nitrogens with zero attached hydrogens (tertiary/aromatic N) is 1. The van der Waals surface area contributed by atoms with Crippen molar-refractivity contribution in [1.82, 2.24) is 4.31 Å². The fourth-order valence-electron chi connectivity index (χ4n) is 3.60. The summed E-state index contributed by atoms with van der Waals surface area (Å²) in [6, 6.07) is 12.0. The molecule has 0 radical (unpaired) electrons. The molecule has 0 aromatic heterocycles. The van der Waals surface area contributed by atoms with Crippen LogP contribution in [0.4, 0.5) is 5.69 Å². The van der Waals surface area contributed by atoms with Gasteiger partial charge in [0.2, 0.25) is 15.9 Å². The van der Waals surface area contributed by atoms with Crippen LogP contribution in [-0.4, -0.2) is 50.7 Å². The summed E-state index contributed by atoms with van der Waals surface area (Å²) in [6.45, 7) is 2.20. The highest BCUT2D eigenvalue weighted by molar-refractivity contribution is 8.00.